The van der Waals surface area contributed by atoms with Gasteiger partial charge >= 0.3 is 11.9 Å². The molecule has 0 saturated carbocycles. The largest absolute Gasteiger partial charge is 0.477 e. The van der Waals surface area contributed by atoms with Crippen molar-refractivity contribution >= 4 is 56.9 Å². The van der Waals surface area contributed by atoms with E-state index < -0.39 is 11.9 Å². The summed E-state index contributed by atoms with van der Waals surface area (Å²) in [6.07, 6.45) is 6.44. The van der Waals surface area contributed by atoms with E-state index in [0.717, 1.165) is 49.7 Å². The number of carboxylic acid groups (broad SMARTS) is 1. The number of pyridine rings is 2. The first-order valence-corrected chi connectivity index (χ1v) is 19.2. The maximum absolute atomic E-state index is 12.8. The van der Waals surface area contributed by atoms with Crippen LogP contribution < -0.4 is 22.1 Å². The van der Waals surface area contributed by atoms with E-state index in [1.165, 1.54) is 7.11 Å². The molecular weight excluding hydrogens is 773 g/mol. The molecule has 2 amide bonds. The third kappa shape index (κ3) is 9.05. The van der Waals surface area contributed by atoms with E-state index in [1.54, 1.807) is 79.4 Å². The normalized spacial score (nSPS) is 11.9. The zero-order chi connectivity index (χ0) is 43.2. The monoisotopic (exact) mass is 814 g/mol. The molecule has 2 unspecified atom stereocenters. The Labute approximate surface area is 350 Å². The number of carbonyl (C=O) groups excluding carboxylic acids is 3. The summed E-state index contributed by atoms with van der Waals surface area (Å²) in [4.78, 5) is 62.9. The van der Waals surface area contributed by atoms with Crippen molar-refractivity contribution in [2.24, 2.45) is 11.5 Å². The second-order valence-electron chi connectivity index (χ2n) is 14.3. The highest BCUT2D eigenvalue weighted by molar-refractivity contribution is 6.08. The topological polar surface area (TPSA) is 231 Å². The van der Waals surface area contributed by atoms with Crippen LogP contribution in [0.5, 0.6) is 0 Å². The van der Waals surface area contributed by atoms with Gasteiger partial charge in [0.2, 0.25) is 0 Å². The summed E-state index contributed by atoms with van der Waals surface area (Å²) in [5, 5.41) is 16.7. The molecule has 0 aliphatic heterocycles. The van der Waals surface area contributed by atoms with Crippen LogP contribution in [0.3, 0.4) is 0 Å². The number of esters is 1. The minimum Gasteiger partial charge on any atom is -0.477 e. The Hall–Kier alpha value is -7.94. The van der Waals surface area contributed by atoms with Gasteiger partial charge in [0.25, 0.3) is 11.8 Å². The molecule has 0 spiro atoms. The third-order valence-corrected chi connectivity index (χ3v) is 10.0. The van der Waals surface area contributed by atoms with Gasteiger partial charge in [0.05, 0.1) is 7.11 Å². The number of carboxylic acids is 1. The third-order valence-electron chi connectivity index (χ3n) is 10.0. The zero-order valence-electron chi connectivity index (χ0n) is 33.4. The molecule has 0 bridgehead atoms. The lowest BCUT2D eigenvalue weighted by Gasteiger charge is -2.16. The standard InChI is InChI=1S/C24H22N4O3.C23H20N4O3/c1-14(25)17-7-6-15(23(29)27-16-8-10-26-11-9-16)12-19(17)18-4-3-5-21-20(18)13-22(28-21)24(30)31-2;1-13(24)16-6-5-14(22(28)26-15-7-9-25-10-8-15)11-18(16)17-3-2-4-20-19(17)12-21(27-20)23(29)30/h3-14,28H,25H2,1-2H3,(H,26,27,29);2-13,27H,24H2,1H3,(H,29,30)(H,25,26,28). The van der Waals surface area contributed by atoms with Crippen LogP contribution in [0.2, 0.25) is 0 Å². The molecule has 8 aromatic rings. The van der Waals surface area contributed by atoms with Gasteiger partial charge in [0.15, 0.2) is 0 Å². The lowest BCUT2D eigenvalue weighted by atomic mass is 9.92. The molecule has 4 heterocycles. The highest BCUT2D eigenvalue weighted by Gasteiger charge is 2.20. The van der Waals surface area contributed by atoms with Gasteiger partial charge in [0.1, 0.15) is 11.4 Å². The molecule has 0 saturated heterocycles. The molecule has 0 aliphatic carbocycles. The second kappa shape index (κ2) is 17.9. The molecule has 0 radical (unpaired) electrons. The lowest BCUT2D eigenvalue weighted by Crippen LogP contribution is -2.13. The number of hydrogen-bond acceptors (Lipinski definition) is 9. The van der Waals surface area contributed by atoms with E-state index in [0.29, 0.717) is 33.7 Å². The Kier molecular flexibility index (Phi) is 12.1. The highest BCUT2D eigenvalue weighted by atomic mass is 16.5. The smallest absolute Gasteiger partial charge is 0.354 e. The van der Waals surface area contributed by atoms with Gasteiger partial charge in [0, 0.05) is 81.2 Å². The fraction of sp³-hybridized carbons (Fsp3) is 0.106. The Morgan fingerprint density at radius 2 is 1.02 bits per heavy atom. The Bertz CT molecular complexity index is 2900. The first-order valence-electron chi connectivity index (χ1n) is 19.2. The Morgan fingerprint density at radius 1 is 0.590 bits per heavy atom. The summed E-state index contributed by atoms with van der Waals surface area (Å²) < 4.78 is 4.83. The Balaban J connectivity index is 0.000000184. The molecule has 8 rings (SSSR count). The summed E-state index contributed by atoms with van der Waals surface area (Å²) in [5.41, 5.74) is 21.7. The summed E-state index contributed by atoms with van der Waals surface area (Å²) in [7, 11) is 1.34. The number of hydrogen-bond donors (Lipinski definition) is 7. The van der Waals surface area contributed by atoms with Gasteiger partial charge in [-0.2, -0.15) is 0 Å². The first-order chi connectivity index (χ1) is 29.4. The number of aromatic nitrogens is 4. The van der Waals surface area contributed by atoms with Crippen LogP contribution in [0.15, 0.2) is 134 Å². The number of benzene rings is 4. The number of H-pyrrole nitrogens is 2. The van der Waals surface area contributed by atoms with Crippen molar-refractivity contribution in [3.63, 3.8) is 0 Å². The van der Waals surface area contributed by atoms with Crippen molar-refractivity contribution in [1.82, 2.24) is 19.9 Å². The van der Waals surface area contributed by atoms with Gasteiger partial charge in [-0.05, 0) is 120 Å². The van der Waals surface area contributed by atoms with Gasteiger partial charge < -0.3 is 41.9 Å². The molecule has 0 aliphatic rings. The molecule has 2 atom stereocenters. The maximum Gasteiger partial charge on any atom is 0.354 e. The number of amides is 2. The summed E-state index contributed by atoms with van der Waals surface area (Å²) in [6.45, 7) is 3.77. The number of carbonyl (C=O) groups is 4. The number of nitrogens with two attached hydrogens (primary N) is 2. The van der Waals surface area contributed by atoms with Crippen LogP contribution in [0.25, 0.3) is 44.1 Å². The lowest BCUT2D eigenvalue weighted by molar-refractivity contribution is 0.0594. The van der Waals surface area contributed by atoms with Crippen LogP contribution >= 0.6 is 0 Å². The van der Waals surface area contributed by atoms with Crippen molar-refractivity contribution in [2.75, 3.05) is 17.7 Å². The summed E-state index contributed by atoms with van der Waals surface area (Å²) >= 11 is 0. The molecule has 4 aromatic carbocycles. The molecule has 61 heavy (non-hydrogen) atoms. The summed E-state index contributed by atoms with van der Waals surface area (Å²) in [6, 6.07) is 31.8. The average molecular weight is 815 g/mol. The quantitative estimate of drug-likeness (QED) is 0.0651. The van der Waals surface area contributed by atoms with Crippen molar-refractivity contribution in [3.05, 3.63) is 168 Å². The van der Waals surface area contributed by atoms with E-state index in [1.807, 2.05) is 68.4 Å². The van der Waals surface area contributed by atoms with Crippen LogP contribution in [0, 0.1) is 0 Å². The number of anilines is 2. The number of aromatic carboxylic acids is 1. The van der Waals surface area contributed by atoms with E-state index >= 15 is 0 Å². The van der Waals surface area contributed by atoms with Gasteiger partial charge in [-0.15, -0.1) is 0 Å². The molecule has 9 N–H and O–H groups in total. The highest BCUT2D eigenvalue weighted by Crippen LogP contribution is 2.36. The second-order valence-corrected chi connectivity index (χ2v) is 14.3. The molecule has 0 fully saturated rings. The average Bonchev–Trinajstić information content (AvgIpc) is 3.92. The number of ether oxygens (including phenoxy) is 1. The number of nitrogens with one attached hydrogen (secondary N) is 4. The maximum atomic E-state index is 12.8. The number of aromatic amines is 2. The minimum absolute atomic E-state index is 0.103. The van der Waals surface area contributed by atoms with Crippen molar-refractivity contribution in [3.8, 4) is 22.3 Å². The summed E-state index contributed by atoms with van der Waals surface area (Å²) in [5.74, 6) is -1.97. The number of rotatable bonds is 10. The van der Waals surface area contributed by atoms with E-state index in [2.05, 4.69) is 30.6 Å². The number of methoxy groups -OCH3 is 1. The zero-order valence-corrected chi connectivity index (χ0v) is 33.4. The van der Waals surface area contributed by atoms with Crippen LogP contribution in [-0.2, 0) is 4.74 Å². The fourth-order valence-electron chi connectivity index (χ4n) is 7.05. The van der Waals surface area contributed by atoms with Crippen molar-refractivity contribution < 1.29 is 29.0 Å². The van der Waals surface area contributed by atoms with Crippen LogP contribution in [-0.4, -0.2) is 55.9 Å². The van der Waals surface area contributed by atoms with Crippen LogP contribution in [0.1, 0.15) is 78.8 Å². The molecular formula is C47H42N8O6. The molecule has 4 aromatic heterocycles. The molecule has 14 nitrogen and oxygen atoms in total. The van der Waals surface area contributed by atoms with E-state index in [9.17, 15) is 24.3 Å². The van der Waals surface area contributed by atoms with E-state index in [4.69, 9.17) is 16.2 Å². The Morgan fingerprint density at radius 3 is 1.43 bits per heavy atom. The molecule has 14 heteroatoms. The van der Waals surface area contributed by atoms with E-state index in [-0.39, 0.29) is 29.6 Å². The number of fused-ring (bicyclic) bond motifs is 2. The minimum atomic E-state index is -1.03. The van der Waals surface area contributed by atoms with Gasteiger partial charge in [-0.1, -0.05) is 36.4 Å². The predicted octanol–water partition coefficient (Wildman–Crippen LogP) is 8.49. The molecule has 306 valence electrons. The number of nitrogens with zero attached hydrogens (tertiary/aromatic N) is 2. The first kappa shape index (κ1) is 41.2. The van der Waals surface area contributed by atoms with Crippen LogP contribution in [0.4, 0.5) is 11.4 Å². The fourth-order valence-corrected chi connectivity index (χ4v) is 7.05. The predicted molar refractivity (Wildman–Crippen MR) is 235 cm³/mol. The van der Waals surface area contributed by atoms with Crippen molar-refractivity contribution in [1.29, 1.82) is 0 Å². The SMILES string of the molecule is CC(N)c1ccc(C(=O)Nc2ccncc2)cc1-c1cccc2[nH]c(C(=O)O)cc12.COC(=O)c1cc2c(-c3cc(C(=O)Nc4ccncc4)ccc3C(C)N)cccc2[nH]1. The van der Waals surface area contributed by atoms with Gasteiger partial charge in [-0.25, -0.2) is 9.59 Å². The van der Waals surface area contributed by atoms with Gasteiger partial charge in [-0.3, -0.25) is 19.6 Å². The van der Waals surface area contributed by atoms with Crippen molar-refractivity contribution in [2.45, 2.75) is 25.9 Å².